The van der Waals surface area contributed by atoms with E-state index in [0.717, 1.165) is 35.8 Å². The summed E-state index contributed by atoms with van der Waals surface area (Å²) in [6.45, 7) is 1.87. The van der Waals surface area contributed by atoms with E-state index in [2.05, 4.69) is 25.6 Å². The second-order valence-electron chi connectivity index (χ2n) is 6.84. The lowest BCUT2D eigenvalue weighted by atomic mass is 10.1. The number of hydrogen-bond acceptors (Lipinski definition) is 5. The van der Waals surface area contributed by atoms with Crippen molar-refractivity contribution in [3.8, 4) is 5.82 Å². The Balaban J connectivity index is 1.41. The van der Waals surface area contributed by atoms with Crippen LogP contribution in [0.25, 0.3) is 5.82 Å². The number of benzene rings is 2. The highest BCUT2D eigenvalue weighted by molar-refractivity contribution is 6.04. The lowest BCUT2D eigenvalue weighted by Crippen LogP contribution is -2.12. The minimum atomic E-state index is -4.44. The summed E-state index contributed by atoms with van der Waals surface area (Å²) in [7, 11) is 0. The molecule has 0 radical (unpaired) electrons. The molecule has 0 aliphatic heterocycles. The predicted molar refractivity (Wildman–Crippen MR) is 113 cm³/mol. The van der Waals surface area contributed by atoms with E-state index in [1.165, 1.54) is 6.33 Å². The van der Waals surface area contributed by atoms with Crippen LogP contribution < -0.4 is 10.6 Å². The fourth-order valence-corrected chi connectivity index (χ4v) is 2.97. The van der Waals surface area contributed by atoms with Gasteiger partial charge in [0.25, 0.3) is 5.91 Å². The van der Waals surface area contributed by atoms with Crippen LogP contribution in [0.2, 0.25) is 0 Å². The van der Waals surface area contributed by atoms with E-state index >= 15 is 0 Å². The molecule has 0 bridgehead atoms. The Morgan fingerprint density at radius 1 is 0.938 bits per heavy atom. The van der Waals surface area contributed by atoms with E-state index in [4.69, 9.17) is 0 Å². The molecule has 0 aliphatic rings. The maximum absolute atomic E-state index is 12.7. The van der Waals surface area contributed by atoms with Crippen LogP contribution in [-0.4, -0.2) is 25.4 Å². The molecular formula is C22H17F3N6O. The van der Waals surface area contributed by atoms with Crippen molar-refractivity contribution >= 4 is 23.1 Å². The van der Waals surface area contributed by atoms with Crippen LogP contribution in [0.5, 0.6) is 0 Å². The minimum absolute atomic E-state index is 0.128. The zero-order chi connectivity index (χ0) is 22.7. The van der Waals surface area contributed by atoms with Gasteiger partial charge in [-0.15, -0.1) is 0 Å². The topological polar surface area (TPSA) is 84.7 Å². The number of anilines is 3. The number of carbonyl (C=O) groups is 1. The van der Waals surface area contributed by atoms with Crippen LogP contribution in [0.4, 0.5) is 30.4 Å². The van der Waals surface area contributed by atoms with Gasteiger partial charge in [0.1, 0.15) is 23.8 Å². The first-order chi connectivity index (χ1) is 15.3. The number of amides is 1. The Kier molecular flexibility index (Phi) is 5.59. The number of nitrogens with one attached hydrogen (secondary N) is 2. The standard InChI is InChI=1S/C22H17F3N6O/c1-14-26-10-11-31(14)20-12-19(27-13-28-20)29-17-6-8-18(9-7-17)30-21(32)15-2-4-16(5-3-15)22(23,24)25/h2-13H,1H3,(H,30,32)(H,27,28,29). The first-order valence-electron chi connectivity index (χ1n) is 9.48. The van der Waals surface area contributed by atoms with Gasteiger partial charge in [-0.1, -0.05) is 0 Å². The number of carbonyl (C=O) groups excluding carboxylic acids is 1. The van der Waals surface area contributed by atoms with E-state index in [1.54, 1.807) is 42.7 Å². The van der Waals surface area contributed by atoms with Crippen molar-refractivity contribution in [2.75, 3.05) is 10.6 Å². The molecule has 4 aromatic rings. The molecule has 2 N–H and O–H groups in total. The SMILES string of the molecule is Cc1nccn1-c1cc(Nc2ccc(NC(=O)c3ccc(C(F)(F)F)cc3)cc2)ncn1. The number of hydrogen-bond donors (Lipinski definition) is 2. The molecule has 0 saturated heterocycles. The quantitative estimate of drug-likeness (QED) is 0.459. The molecule has 0 fully saturated rings. The van der Waals surface area contributed by atoms with Gasteiger partial charge >= 0.3 is 6.18 Å². The van der Waals surface area contributed by atoms with Gasteiger partial charge in [0.2, 0.25) is 0 Å². The highest BCUT2D eigenvalue weighted by Crippen LogP contribution is 2.29. The van der Waals surface area contributed by atoms with Gasteiger partial charge in [-0.3, -0.25) is 9.36 Å². The van der Waals surface area contributed by atoms with Crippen LogP contribution in [0, 0.1) is 6.92 Å². The van der Waals surface area contributed by atoms with Crippen LogP contribution in [0.1, 0.15) is 21.7 Å². The highest BCUT2D eigenvalue weighted by atomic mass is 19.4. The molecule has 0 atom stereocenters. The normalized spacial score (nSPS) is 11.2. The second kappa shape index (κ2) is 8.50. The summed E-state index contributed by atoms with van der Waals surface area (Å²) in [5, 5.41) is 5.81. The number of rotatable bonds is 5. The summed E-state index contributed by atoms with van der Waals surface area (Å²) in [6, 6.07) is 12.6. The van der Waals surface area contributed by atoms with Crippen LogP contribution in [0.3, 0.4) is 0 Å². The molecule has 7 nitrogen and oxygen atoms in total. The molecule has 162 valence electrons. The number of alkyl halides is 3. The third-order valence-electron chi connectivity index (χ3n) is 4.61. The van der Waals surface area contributed by atoms with Crippen molar-refractivity contribution in [1.29, 1.82) is 0 Å². The van der Waals surface area contributed by atoms with Crippen LogP contribution >= 0.6 is 0 Å². The number of nitrogens with zero attached hydrogens (tertiary/aromatic N) is 4. The van der Waals surface area contributed by atoms with Crippen molar-refractivity contribution in [1.82, 2.24) is 19.5 Å². The Morgan fingerprint density at radius 2 is 1.62 bits per heavy atom. The Morgan fingerprint density at radius 3 is 2.25 bits per heavy atom. The molecule has 0 saturated carbocycles. The number of aryl methyl sites for hydroxylation is 1. The maximum atomic E-state index is 12.7. The van der Waals surface area contributed by atoms with Crippen molar-refractivity contribution in [2.45, 2.75) is 13.1 Å². The molecule has 0 aliphatic carbocycles. The summed E-state index contributed by atoms with van der Waals surface area (Å²) < 4.78 is 39.8. The summed E-state index contributed by atoms with van der Waals surface area (Å²) in [5.74, 6) is 1.53. The van der Waals surface area contributed by atoms with Gasteiger partial charge in [0.05, 0.1) is 5.56 Å². The first-order valence-corrected chi connectivity index (χ1v) is 9.48. The molecule has 2 aromatic heterocycles. The second-order valence-corrected chi connectivity index (χ2v) is 6.84. The molecule has 0 unspecified atom stereocenters. The lowest BCUT2D eigenvalue weighted by Gasteiger charge is -2.10. The molecule has 2 heterocycles. The summed E-state index contributed by atoms with van der Waals surface area (Å²) in [4.78, 5) is 24.9. The van der Waals surface area contributed by atoms with E-state index in [1.807, 2.05) is 11.5 Å². The van der Waals surface area contributed by atoms with Crippen molar-refractivity contribution < 1.29 is 18.0 Å². The van der Waals surface area contributed by atoms with Crippen LogP contribution in [0.15, 0.2) is 73.3 Å². The van der Waals surface area contributed by atoms with Gasteiger partial charge in [0, 0.05) is 35.4 Å². The zero-order valence-electron chi connectivity index (χ0n) is 16.8. The maximum Gasteiger partial charge on any atom is 0.416 e. The summed E-state index contributed by atoms with van der Waals surface area (Å²) in [6.07, 6.45) is 0.480. The summed E-state index contributed by atoms with van der Waals surface area (Å²) >= 11 is 0. The predicted octanol–water partition coefficient (Wildman–Crippen LogP) is 4.99. The molecule has 2 aromatic carbocycles. The van der Waals surface area contributed by atoms with Gasteiger partial charge in [-0.2, -0.15) is 13.2 Å². The van der Waals surface area contributed by atoms with Crippen molar-refractivity contribution in [3.05, 3.63) is 90.3 Å². The smallest absolute Gasteiger partial charge is 0.340 e. The Labute approximate surface area is 181 Å². The van der Waals surface area contributed by atoms with Crippen molar-refractivity contribution in [3.63, 3.8) is 0 Å². The molecule has 10 heteroatoms. The summed E-state index contributed by atoms with van der Waals surface area (Å²) in [5.41, 5.74) is 0.548. The Hall–Kier alpha value is -4.21. The largest absolute Gasteiger partial charge is 0.416 e. The fourth-order valence-electron chi connectivity index (χ4n) is 2.97. The molecule has 4 rings (SSSR count). The van der Waals surface area contributed by atoms with Gasteiger partial charge in [-0.25, -0.2) is 15.0 Å². The minimum Gasteiger partial charge on any atom is -0.340 e. The highest BCUT2D eigenvalue weighted by Gasteiger charge is 2.30. The van der Waals surface area contributed by atoms with Gasteiger partial charge in [0.15, 0.2) is 0 Å². The molecular weight excluding hydrogens is 421 g/mol. The van der Waals surface area contributed by atoms with Crippen molar-refractivity contribution in [2.24, 2.45) is 0 Å². The van der Waals surface area contributed by atoms with E-state index in [9.17, 15) is 18.0 Å². The third kappa shape index (κ3) is 4.75. The monoisotopic (exact) mass is 438 g/mol. The first kappa shape index (κ1) is 21.0. The van der Waals surface area contributed by atoms with Gasteiger partial charge in [-0.05, 0) is 55.5 Å². The number of aromatic nitrogens is 4. The molecule has 32 heavy (non-hydrogen) atoms. The Bertz CT molecular complexity index is 1230. The van der Waals surface area contributed by atoms with Gasteiger partial charge < -0.3 is 10.6 Å². The molecule has 1 amide bonds. The third-order valence-corrected chi connectivity index (χ3v) is 4.61. The van der Waals surface area contributed by atoms with E-state index in [-0.39, 0.29) is 5.56 Å². The van der Waals surface area contributed by atoms with E-state index in [0.29, 0.717) is 17.3 Å². The number of halogens is 3. The van der Waals surface area contributed by atoms with E-state index < -0.39 is 17.6 Å². The zero-order valence-corrected chi connectivity index (χ0v) is 16.8. The van der Waals surface area contributed by atoms with Crippen LogP contribution in [-0.2, 0) is 6.18 Å². The molecule has 0 spiro atoms. The average Bonchev–Trinajstić information content (AvgIpc) is 3.21. The fraction of sp³-hybridized carbons (Fsp3) is 0.0909. The number of imidazole rings is 1. The lowest BCUT2D eigenvalue weighted by molar-refractivity contribution is -0.137. The average molecular weight is 438 g/mol.